The SMILES string of the molecule is CCCC(CC)NS(=O)(=O)c1cc(N)c(F)cc1Cl. The molecule has 1 unspecified atom stereocenters. The Morgan fingerprint density at radius 2 is 2.05 bits per heavy atom. The number of halogens is 2. The lowest BCUT2D eigenvalue weighted by atomic mass is 10.1. The normalized spacial score (nSPS) is 13.5. The van der Waals surface area contributed by atoms with Crippen LogP contribution in [0.25, 0.3) is 0 Å². The molecular formula is C12H18ClFN2O2S. The molecule has 108 valence electrons. The highest BCUT2D eigenvalue weighted by Gasteiger charge is 2.22. The van der Waals surface area contributed by atoms with Gasteiger partial charge < -0.3 is 5.73 Å². The fourth-order valence-corrected chi connectivity index (χ4v) is 3.63. The van der Waals surface area contributed by atoms with Crippen molar-refractivity contribution in [3.05, 3.63) is 23.0 Å². The van der Waals surface area contributed by atoms with Crippen molar-refractivity contribution in [2.45, 2.75) is 44.0 Å². The van der Waals surface area contributed by atoms with Crippen LogP contribution in [-0.2, 0) is 10.0 Å². The zero-order valence-electron chi connectivity index (χ0n) is 10.9. The number of rotatable bonds is 6. The van der Waals surface area contributed by atoms with E-state index in [0.717, 1.165) is 25.0 Å². The molecule has 0 heterocycles. The first-order valence-electron chi connectivity index (χ1n) is 6.08. The molecule has 0 bridgehead atoms. The first-order valence-corrected chi connectivity index (χ1v) is 7.94. The summed E-state index contributed by atoms with van der Waals surface area (Å²) in [7, 11) is -3.79. The Kier molecular flexibility index (Phi) is 5.58. The maximum atomic E-state index is 13.2. The van der Waals surface area contributed by atoms with Gasteiger partial charge in [0.1, 0.15) is 10.7 Å². The fraction of sp³-hybridized carbons (Fsp3) is 0.500. The predicted molar refractivity (Wildman–Crippen MR) is 75.1 cm³/mol. The molecule has 1 rings (SSSR count). The number of nitrogen functional groups attached to an aromatic ring is 1. The van der Waals surface area contributed by atoms with E-state index >= 15 is 0 Å². The molecular weight excluding hydrogens is 291 g/mol. The molecule has 3 N–H and O–H groups in total. The van der Waals surface area contributed by atoms with Gasteiger partial charge in [0.25, 0.3) is 0 Å². The van der Waals surface area contributed by atoms with Crippen LogP contribution in [0.3, 0.4) is 0 Å². The molecule has 0 aromatic heterocycles. The molecule has 0 aliphatic carbocycles. The van der Waals surface area contributed by atoms with Crippen molar-refractivity contribution in [2.24, 2.45) is 0 Å². The van der Waals surface area contributed by atoms with Gasteiger partial charge in [-0.15, -0.1) is 0 Å². The molecule has 7 heteroatoms. The van der Waals surface area contributed by atoms with Crippen molar-refractivity contribution in [1.82, 2.24) is 4.72 Å². The first kappa shape index (κ1) is 16.2. The van der Waals surface area contributed by atoms with Crippen LogP contribution in [0.15, 0.2) is 17.0 Å². The van der Waals surface area contributed by atoms with Crippen LogP contribution >= 0.6 is 11.6 Å². The molecule has 0 amide bonds. The Hall–Kier alpha value is -0.850. The third kappa shape index (κ3) is 4.06. The summed E-state index contributed by atoms with van der Waals surface area (Å²) in [4.78, 5) is -0.192. The van der Waals surface area contributed by atoms with Crippen LogP contribution in [0, 0.1) is 5.82 Å². The molecule has 0 aliphatic heterocycles. The van der Waals surface area contributed by atoms with E-state index in [1.54, 1.807) is 0 Å². The maximum absolute atomic E-state index is 13.2. The average Bonchev–Trinajstić information content (AvgIpc) is 2.32. The number of anilines is 1. The minimum absolute atomic E-state index is 0.169. The van der Waals surface area contributed by atoms with Gasteiger partial charge in [-0.05, 0) is 25.0 Å². The van der Waals surface area contributed by atoms with Crippen molar-refractivity contribution in [2.75, 3.05) is 5.73 Å². The van der Waals surface area contributed by atoms with Crippen molar-refractivity contribution in [3.63, 3.8) is 0 Å². The highest BCUT2D eigenvalue weighted by molar-refractivity contribution is 7.89. The summed E-state index contributed by atoms with van der Waals surface area (Å²) in [5.74, 6) is -0.732. The van der Waals surface area contributed by atoms with Crippen LogP contribution in [-0.4, -0.2) is 14.5 Å². The number of sulfonamides is 1. The lowest BCUT2D eigenvalue weighted by molar-refractivity contribution is 0.512. The van der Waals surface area contributed by atoms with Gasteiger partial charge in [0.15, 0.2) is 0 Å². The largest absolute Gasteiger partial charge is 0.396 e. The van der Waals surface area contributed by atoms with Gasteiger partial charge in [-0.25, -0.2) is 17.5 Å². The molecule has 1 atom stereocenters. The third-order valence-corrected chi connectivity index (χ3v) is 4.78. The Labute approximate surface area is 118 Å². The van der Waals surface area contributed by atoms with E-state index in [9.17, 15) is 12.8 Å². The van der Waals surface area contributed by atoms with Crippen LogP contribution < -0.4 is 10.5 Å². The number of hydrogen-bond acceptors (Lipinski definition) is 3. The Bertz CT molecular complexity index is 549. The van der Waals surface area contributed by atoms with Crippen LogP contribution in [0.2, 0.25) is 5.02 Å². The molecule has 4 nitrogen and oxygen atoms in total. The lowest BCUT2D eigenvalue weighted by Crippen LogP contribution is -2.34. The zero-order valence-corrected chi connectivity index (χ0v) is 12.5. The van der Waals surface area contributed by atoms with Gasteiger partial charge in [0.05, 0.1) is 10.7 Å². The molecule has 0 radical (unpaired) electrons. The minimum Gasteiger partial charge on any atom is -0.396 e. The van der Waals surface area contributed by atoms with E-state index in [-0.39, 0.29) is 21.6 Å². The number of nitrogens with two attached hydrogens (primary N) is 1. The van der Waals surface area contributed by atoms with E-state index in [0.29, 0.717) is 6.42 Å². The molecule has 0 saturated heterocycles. The smallest absolute Gasteiger partial charge is 0.242 e. The van der Waals surface area contributed by atoms with Gasteiger partial charge >= 0.3 is 0 Å². The molecule has 19 heavy (non-hydrogen) atoms. The fourth-order valence-electron chi connectivity index (χ4n) is 1.73. The molecule has 0 aliphatic rings. The second kappa shape index (κ2) is 6.54. The summed E-state index contributed by atoms with van der Waals surface area (Å²) < 4.78 is 40.1. The van der Waals surface area contributed by atoms with Gasteiger partial charge in [-0.1, -0.05) is 31.9 Å². The summed E-state index contributed by atoms with van der Waals surface area (Å²) >= 11 is 5.77. The third-order valence-electron chi connectivity index (χ3n) is 2.79. The van der Waals surface area contributed by atoms with Gasteiger partial charge in [0, 0.05) is 6.04 Å². The average molecular weight is 309 g/mol. The second-order valence-corrected chi connectivity index (χ2v) is 6.41. The van der Waals surface area contributed by atoms with Crippen molar-refractivity contribution < 1.29 is 12.8 Å². The van der Waals surface area contributed by atoms with Gasteiger partial charge in [-0.2, -0.15) is 0 Å². The van der Waals surface area contributed by atoms with Crippen LogP contribution in [0.1, 0.15) is 33.1 Å². The van der Waals surface area contributed by atoms with Crippen molar-refractivity contribution in [3.8, 4) is 0 Å². The monoisotopic (exact) mass is 308 g/mol. The highest BCUT2D eigenvalue weighted by atomic mass is 35.5. The van der Waals surface area contributed by atoms with Gasteiger partial charge in [0.2, 0.25) is 10.0 Å². The summed E-state index contributed by atoms with van der Waals surface area (Å²) in [5, 5.41) is -0.175. The lowest BCUT2D eigenvalue weighted by Gasteiger charge is -2.17. The van der Waals surface area contributed by atoms with Crippen molar-refractivity contribution >= 4 is 27.3 Å². The summed E-state index contributed by atoms with van der Waals surface area (Å²) in [5.41, 5.74) is 5.14. The first-order chi connectivity index (χ1) is 8.81. The number of nitrogens with one attached hydrogen (secondary N) is 1. The highest BCUT2D eigenvalue weighted by Crippen LogP contribution is 2.26. The quantitative estimate of drug-likeness (QED) is 0.794. The van der Waals surface area contributed by atoms with Gasteiger partial charge in [-0.3, -0.25) is 0 Å². The van der Waals surface area contributed by atoms with Crippen LogP contribution in [0.5, 0.6) is 0 Å². The molecule has 0 fully saturated rings. The van der Waals surface area contributed by atoms with Crippen LogP contribution in [0.4, 0.5) is 10.1 Å². The molecule has 1 aromatic carbocycles. The Morgan fingerprint density at radius 1 is 1.42 bits per heavy atom. The Balaban J connectivity index is 3.10. The van der Waals surface area contributed by atoms with Crippen molar-refractivity contribution in [1.29, 1.82) is 0 Å². The summed E-state index contributed by atoms with van der Waals surface area (Å²) in [6.45, 7) is 3.86. The molecule has 1 aromatic rings. The maximum Gasteiger partial charge on any atom is 0.242 e. The van der Waals surface area contributed by atoms with E-state index < -0.39 is 15.8 Å². The Morgan fingerprint density at radius 3 is 2.58 bits per heavy atom. The number of hydrogen-bond donors (Lipinski definition) is 2. The molecule has 0 spiro atoms. The number of benzene rings is 1. The summed E-state index contributed by atoms with van der Waals surface area (Å²) in [6.07, 6.45) is 2.26. The topological polar surface area (TPSA) is 72.2 Å². The van der Waals surface area contributed by atoms with E-state index in [1.807, 2.05) is 13.8 Å². The minimum atomic E-state index is -3.79. The van der Waals surface area contributed by atoms with E-state index in [1.165, 1.54) is 0 Å². The van der Waals surface area contributed by atoms with E-state index in [4.69, 9.17) is 17.3 Å². The molecule has 0 saturated carbocycles. The van der Waals surface area contributed by atoms with E-state index in [2.05, 4.69) is 4.72 Å². The second-order valence-electron chi connectivity index (χ2n) is 4.32. The summed E-state index contributed by atoms with van der Waals surface area (Å²) in [6, 6.07) is 1.78. The predicted octanol–water partition coefficient (Wildman–Crippen LogP) is 2.92. The zero-order chi connectivity index (χ0) is 14.6. The standard InChI is InChI=1S/C12H18ClFN2O2S/c1-3-5-8(4-2)16-19(17,18)12-7-11(15)10(14)6-9(12)13/h6-8,16H,3-5,15H2,1-2H3.